The smallest absolute Gasteiger partial charge is 0.374 e. The van der Waals surface area contributed by atoms with Crippen LogP contribution in [0.5, 0.6) is 0 Å². The van der Waals surface area contributed by atoms with Crippen LogP contribution in [-0.2, 0) is 4.74 Å². The van der Waals surface area contributed by atoms with E-state index in [1.807, 2.05) is 26.8 Å². The first-order valence-corrected chi connectivity index (χ1v) is 9.40. The third-order valence-electron chi connectivity index (χ3n) is 4.26. The Kier molecular flexibility index (Phi) is 6.75. The third kappa shape index (κ3) is 4.14. The van der Waals surface area contributed by atoms with Crippen LogP contribution in [-0.4, -0.2) is 30.5 Å². The molecule has 0 bridgehead atoms. The van der Waals surface area contributed by atoms with E-state index in [2.05, 4.69) is 23.4 Å². The van der Waals surface area contributed by atoms with Gasteiger partial charge >= 0.3 is 5.97 Å². The first kappa shape index (κ1) is 18.9. The lowest BCUT2D eigenvalue weighted by Gasteiger charge is -2.28. The number of rotatable bonds is 3. The molecule has 0 atom stereocenters. The van der Waals surface area contributed by atoms with Crippen molar-refractivity contribution in [3.63, 3.8) is 0 Å². The van der Waals surface area contributed by atoms with Gasteiger partial charge in [-0.15, -0.1) is 0 Å². The second-order valence-corrected chi connectivity index (χ2v) is 7.08. The normalized spacial score (nSPS) is 15.9. The quantitative estimate of drug-likeness (QED) is 0.556. The van der Waals surface area contributed by atoms with Gasteiger partial charge in [0.15, 0.2) is 0 Å². The number of fused-ring (bicyclic) bond motifs is 1. The molecular formula is C19H27NO3S. The predicted octanol–water partition coefficient (Wildman–Crippen LogP) is 5.29. The molecule has 0 unspecified atom stereocenters. The molecule has 1 saturated heterocycles. The van der Waals surface area contributed by atoms with Gasteiger partial charge in [-0.25, -0.2) is 9.10 Å². The molecule has 132 valence electrons. The molecule has 1 aliphatic heterocycles. The van der Waals surface area contributed by atoms with Crippen LogP contribution in [0, 0.1) is 12.8 Å². The number of carbonyl (C=O) groups is 1. The number of hydrogen-bond acceptors (Lipinski definition) is 5. The Balaban J connectivity index is 0.00000100. The van der Waals surface area contributed by atoms with Crippen LogP contribution < -0.4 is 0 Å². The summed E-state index contributed by atoms with van der Waals surface area (Å²) in [6.45, 7) is 10.5. The fourth-order valence-corrected chi connectivity index (χ4v) is 3.76. The average Bonchev–Trinajstić information content (AvgIpc) is 2.95. The van der Waals surface area contributed by atoms with Crippen LogP contribution in [0.1, 0.15) is 49.7 Å². The van der Waals surface area contributed by atoms with Gasteiger partial charge in [0.1, 0.15) is 5.58 Å². The molecule has 0 N–H and O–H groups in total. The number of esters is 1. The highest BCUT2D eigenvalue weighted by atomic mass is 32.2. The Morgan fingerprint density at radius 1 is 1.29 bits per heavy atom. The minimum Gasteiger partial charge on any atom is -0.463 e. The van der Waals surface area contributed by atoms with E-state index in [-0.39, 0.29) is 0 Å². The van der Waals surface area contributed by atoms with Gasteiger partial charge in [-0.2, -0.15) is 0 Å². The van der Waals surface area contributed by atoms with E-state index < -0.39 is 5.97 Å². The molecule has 0 amide bonds. The number of furan rings is 1. The van der Waals surface area contributed by atoms with Crippen LogP contribution in [0.4, 0.5) is 0 Å². The highest BCUT2D eigenvalue weighted by Gasteiger charge is 2.20. The maximum absolute atomic E-state index is 11.7. The summed E-state index contributed by atoms with van der Waals surface area (Å²) in [5.41, 5.74) is 1.58. The molecule has 5 heteroatoms. The average molecular weight is 349 g/mol. The minimum absolute atomic E-state index is 0.298. The predicted molar refractivity (Wildman–Crippen MR) is 99.5 cm³/mol. The standard InChI is InChI=1S/C17H21NO3S.C2H6/c1-11-6-8-18(9-7-11)22-13-4-5-15-14(10-13)12(2)16(21-15)17(19)20-3;1-2/h4-5,10-11H,6-9H2,1-3H3;1-2H3. The number of methoxy groups -OCH3 is 1. The Morgan fingerprint density at radius 2 is 1.96 bits per heavy atom. The zero-order valence-electron chi connectivity index (χ0n) is 15.2. The van der Waals surface area contributed by atoms with Crippen molar-refractivity contribution in [2.24, 2.45) is 5.92 Å². The molecule has 0 spiro atoms. The largest absolute Gasteiger partial charge is 0.463 e. The monoisotopic (exact) mass is 349 g/mol. The summed E-state index contributed by atoms with van der Waals surface area (Å²) in [5.74, 6) is 0.706. The Bertz CT molecular complexity index is 687. The first-order valence-electron chi connectivity index (χ1n) is 8.63. The number of nitrogens with zero attached hydrogens (tertiary/aromatic N) is 1. The Hall–Kier alpha value is -1.46. The number of benzene rings is 1. The van der Waals surface area contributed by atoms with Crippen molar-refractivity contribution >= 4 is 28.9 Å². The lowest BCUT2D eigenvalue weighted by atomic mass is 10.0. The third-order valence-corrected chi connectivity index (χ3v) is 5.34. The van der Waals surface area contributed by atoms with Crippen molar-refractivity contribution in [2.75, 3.05) is 20.2 Å². The first-order chi connectivity index (χ1) is 11.6. The van der Waals surface area contributed by atoms with Crippen LogP contribution in [0.25, 0.3) is 11.0 Å². The summed E-state index contributed by atoms with van der Waals surface area (Å²) in [7, 11) is 1.37. The summed E-state index contributed by atoms with van der Waals surface area (Å²) in [6.07, 6.45) is 2.51. The van der Waals surface area contributed by atoms with Crippen molar-refractivity contribution in [2.45, 2.75) is 45.4 Å². The van der Waals surface area contributed by atoms with Crippen molar-refractivity contribution in [1.82, 2.24) is 4.31 Å². The molecule has 0 saturated carbocycles. The van der Waals surface area contributed by atoms with Crippen molar-refractivity contribution in [1.29, 1.82) is 0 Å². The van der Waals surface area contributed by atoms with E-state index in [1.165, 1.54) is 24.8 Å². The maximum atomic E-state index is 11.7. The van der Waals surface area contributed by atoms with Gasteiger partial charge in [0.2, 0.25) is 5.76 Å². The minimum atomic E-state index is -0.423. The van der Waals surface area contributed by atoms with Gasteiger partial charge in [0.05, 0.1) is 7.11 Å². The van der Waals surface area contributed by atoms with Gasteiger partial charge in [-0.1, -0.05) is 20.8 Å². The zero-order valence-corrected chi connectivity index (χ0v) is 16.0. The number of piperidine rings is 1. The molecule has 1 fully saturated rings. The summed E-state index contributed by atoms with van der Waals surface area (Å²) in [5, 5.41) is 0.982. The Morgan fingerprint density at radius 3 is 2.58 bits per heavy atom. The van der Waals surface area contributed by atoms with E-state index in [4.69, 9.17) is 9.15 Å². The fourth-order valence-electron chi connectivity index (χ4n) is 2.77. The van der Waals surface area contributed by atoms with E-state index in [1.54, 1.807) is 11.9 Å². The van der Waals surface area contributed by atoms with Crippen LogP contribution in [0.2, 0.25) is 0 Å². The SMILES string of the molecule is CC.COC(=O)c1oc2ccc(SN3CCC(C)CC3)cc2c1C. The van der Waals surface area contributed by atoms with Gasteiger partial charge in [0.25, 0.3) is 0 Å². The number of aryl methyl sites for hydroxylation is 1. The summed E-state index contributed by atoms with van der Waals surface area (Å²) in [6, 6.07) is 6.09. The molecule has 3 rings (SSSR count). The van der Waals surface area contributed by atoms with E-state index in [0.29, 0.717) is 5.76 Å². The molecule has 1 aliphatic rings. The highest BCUT2D eigenvalue weighted by molar-refractivity contribution is 7.97. The van der Waals surface area contributed by atoms with Gasteiger partial charge < -0.3 is 9.15 Å². The molecule has 2 heterocycles. The fraction of sp³-hybridized carbons (Fsp3) is 0.526. The summed E-state index contributed by atoms with van der Waals surface area (Å²) >= 11 is 1.79. The number of carbonyl (C=O) groups excluding carboxylic acids is 1. The van der Waals surface area contributed by atoms with Crippen LogP contribution in [0.3, 0.4) is 0 Å². The van der Waals surface area contributed by atoms with E-state index >= 15 is 0 Å². The van der Waals surface area contributed by atoms with Gasteiger partial charge in [0, 0.05) is 28.9 Å². The second-order valence-electron chi connectivity index (χ2n) is 5.91. The lowest BCUT2D eigenvalue weighted by molar-refractivity contribution is 0.0566. The number of hydrogen-bond donors (Lipinski definition) is 0. The maximum Gasteiger partial charge on any atom is 0.374 e. The zero-order chi connectivity index (χ0) is 17.7. The van der Waals surface area contributed by atoms with E-state index in [0.717, 1.165) is 35.5 Å². The summed E-state index contributed by atoms with van der Waals surface area (Å²) < 4.78 is 12.8. The molecule has 1 aromatic heterocycles. The number of ether oxygens (including phenoxy) is 1. The van der Waals surface area contributed by atoms with E-state index in [9.17, 15) is 4.79 Å². The molecular weight excluding hydrogens is 322 g/mol. The molecule has 0 radical (unpaired) electrons. The van der Waals surface area contributed by atoms with Gasteiger partial charge in [-0.05, 0) is 55.8 Å². The molecule has 0 aliphatic carbocycles. The molecule has 1 aromatic carbocycles. The van der Waals surface area contributed by atoms with Crippen molar-refractivity contribution in [3.8, 4) is 0 Å². The molecule has 24 heavy (non-hydrogen) atoms. The Labute approximate surface area is 148 Å². The van der Waals surface area contributed by atoms with Crippen LogP contribution in [0.15, 0.2) is 27.5 Å². The molecule has 4 nitrogen and oxygen atoms in total. The lowest BCUT2D eigenvalue weighted by Crippen LogP contribution is -2.27. The highest BCUT2D eigenvalue weighted by Crippen LogP contribution is 2.33. The van der Waals surface area contributed by atoms with Gasteiger partial charge in [-0.3, -0.25) is 0 Å². The summed E-state index contributed by atoms with van der Waals surface area (Å²) in [4.78, 5) is 12.9. The van der Waals surface area contributed by atoms with Crippen LogP contribution >= 0.6 is 11.9 Å². The van der Waals surface area contributed by atoms with Crippen molar-refractivity contribution in [3.05, 3.63) is 29.5 Å². The second kappa shape index (κ2) is 8.58. The topological polar surface area (TPSA) is 42.7 Å². The van der Waals surface area contributed by atoms with Crippen molar-refractivity contribution < 1.29 is 13.9 Å². The molecule has 2 aromatic rings.